The third-order valence-corrected chi connectivity index (χ3v) is 20.0. The van der Waals surface area contributed by atoms with Gasteiger partial charge in [0.25, 0.3) is 0 Å². The number of benzene rings is 3. The van der Waals surface area contributed by atoms with Gasteiger partial charge in [0.1, 0.15) is 66.5 Å². The number of aliphatic hydroxyl groups is 1. The van der Waals surface area contributed by atoms with E-state index >= 15 is 0 Å². The Hall–Kier alpha value is -11.2. The van der Waals surface area contributed by atoms with Gasteiger partial charge < -0.3 is 111 Å². The first-order valence-corrected chi connectivity index (χ1v) is 39.6. The number of urea groups is 1. The third kappa shape index (κ3) is 32.4. The van der Waals surface area contributed by atoms with Gasteiger partial charge in [-0.25, -0.2) is 9.59 Å². The number of nitrogens with zero attached hydrogens (tertiary/aromatic N) is 3. The Bertz CT molecular complexity index is 3900. The molecule has 12 atom stereocenters. The van der Waals surface area contributed by atoms with E-state index in [1.165, 1.54) is 30.5 Å². The highest BCUT2D eigenvalue weighted by Gasteiger charge is 2.40. The van der Waals surface area contributed by atoms with E-state index in [1.54, 1.807) is 58.0 Å². The first kappa shape index (κ1) is 98.2. The van der Waals surface area contributed by atoms with Gasteiger partial charge in [-0.3, -0.25) is 72.0 Å². The molecule has 0 spiro atoms. The molecule has 1 aliphatic heterocycles. The summed E-state index contributed by atoms with van der Waals surface area (Å²) in [6, 6.07) is 0.688. The zero-order valence-corrected chi connectivity index (χ0v) is 68.8. The smallest absolute Gasteiger partial charge is 0.327 e. The van der Waals surface area contributed by atoms with Crippen molar-refractivity contribution in [2.45, 2.75) is 234 Å². The lowest BCUT2D eigenvalue weighted by molar-refractivity contribution is -0.144. The Kier molecular flexibility index (Phi) is 40.6. The van der Waals surface area contributed by atoms with Crippen molar-refractivity contribution in [3.63, 3.8) is 0 Å². The van der Waals surface area contributed by atoms with Crippen LogP contribution in [0.4, 0.5) is 27.5 Å². The summed E-state index contributed by atoms with van der Waals surface area (Å²) in [4.78, 5) is 226. The fourth-order valence-corrected chi connectivity index (χ4v) is 13.5. The minimum Gasteiger partial charge on any atom is -0.481 e. The topological polar surface area (TPSA) is 594 Å². The van der Waals surface area contributed by atoms with Crippen molar-refractivity contribution in [1.82, 2.24) is 58.5 Å². The first-order valence-electron chi connectivity index (χ1n) is 38.8. The Morgan fingerprint density at radius 3 is 1.14 bits per heavy atom. The number of unbranched alkanes of at least 4 members (excludes halogenated alkanes) is 2. The minimum absolute atomic E-state index is 0.000486. The average Bonchev–Trinajstić information content (AvgIpc) is 0.754. The molecular weight excluding hydrogens is 1540 g/mol. The quantitative estimate of drug-likeness (QED) is 0.0343. The molecule has 39 heteroatoms. The Balaban J connectivity index is 1.65. The molecule has 0 aromatic heterocycles. The number of anilines is 4. The fourth-order valence-electron chi connectivity index (χ4n) is 12.3. The van der Waals surface area contributed by atoms with Crippen LogP contribution in [0, 0.1) is 17.8 Å². The molecule has 0 aliphatic carbocycles. The highest BCUT2D eigenvalue weighted by molar-refractivity contribution is 7.99. The standard InChI is InChI=1S/C78H117N17O21S/c1-41(2)37-54(88-68(105)49(22-16-18-36-80)86-74(111)65(43(5)6)92-78(116)95-56-29-23-46(93(8)9)39-58(56)117-59-40-47(94(10)11)24-30-57(59)95)72(109)85-51(26-32-61(98)99)69(106)83-50(25-31-60(81)97)70(107)89-55(38-45-19-13-12-14-20-45)73(110)82-48(21-15-17-35-79)67(104)84-52(27-33-62(100)101)71(108)90-64(42(3)4)75(112)91-66(44(7)96)76(113)87-53(77(114)115)28-34-63(102)103/h12-14,19-20,23-24,29-30,39-44,48-55,64-66,96H,15-18,21-22,25-28,31-38,79-80H2,1-11H3,(H2,81,97)(H,82,110)(H,83,106)(H,84,104)(H,85,109)(H,86,111)(H,87,113)(H,88,105)(H,89,107)(H,90,108)(H,91,112)(H,92,116)(H,98,99)(H,100,101)(H,102,103)(H,114,115)/t44-,48+,49+,50+,51+,52+,53+,54+,55+,64+,65+,66+/m1/s1. The van der Waals surface area contributed by atoms with Crippen LogP contribution in [0.15, 0.2) is 76.5 Å². The van der Waals surface area contributed by atoms with Crippen molar-refractivity contribution in [1.29, 1.82) is 0 Å². The molecule has 4 rings (SSSR count). The van der Waals surface area contributed by atoms with Crippen molar-refractivity contribution in [3.8, 4) is 0 Å². The number of fused-ring (bicyclic) bond motifs is 2. The van der Waals surface area contributed by atoms with Gasteiger partial charge in [0, 0.05) is 81.5 Å². The van der Waals surface area contributed by atoms with E-state index < -0.39 is 231 Å². The number of carbonyl (C=O) groups is 16. The molecule has 13 amide bonds. The monoisotopic (exact) mass is 1660 g/mol. The molecule has 3 aromatic rings. The van der Waals surface area contributed by atoms with Crippen LogP contribution in [-0.2, 0) is 78.3 Å². The highest BCUT2D eigenvalue weighted by Crippen LogP contribution is 2.50. The number of amides is 13. The van der Waals surface area contributed by atoms with Crippen LogP contribution in [-0.4, -0.2) is 234 Å². The average molecular weight is 1660 g/mol. The molecule has 38 nitrogen and oxygen atoms in total. The molecule has 0 saturated carbocycles. The summed E-state index contributed by atoms with van der Waals surface area (Å²) in [7, 11) is 7.57. The lowest BCUT2D eigenvalue weighted by Crippen LogP contribution is -2.62. The van der Waals surface area contributed by atoms with E-state index in [2.05, 4.69) is 58.5 Å². The first-order chi connectivity index (χ1) is 55.1. The number of nitrogens with two attached hydrogens (primary N) is 3. The largest absolute Gasteiger partial charge is 0.481 e. The summed E-state index contributed by atoms with van der Waals surface area (Å²) in [6.45, 7) is 11.2. The molecule has 1 heterocycles. The van der Waals surface area contributed by atoms with E-state index in [0.717, 1.165) is 28.1 Å². The van der Waals surface area contributed by atoms with Crippen LogP contribution in [0.1, 0.15) is 150 Å². The number of carboxylic acid groups (broad SMARTS) is 4. The zero-order chi connectivity index (χ0) is 87.7. The highest BCUT2D eigenvalue weighted by atomic mass is 32.2. The second-order valence-corrected chi connectivity index (χ2v) is 31.3. The second kappa shape index (κ2) is 48.4. The molecule has 3 aromatic carbocycles. The fraction of sp³-hybridized carbons (Fsp3) is 0.564. The van der Waals surface area contributed by atoms with Crippen molar-refractivity contribution in [2.24, 2.45) is 35.0 Å². The number of carbonyl (C=O) groups excluding carboxylic acids is 12. The molecule has 0 fully saturated rings. The Labute approximate surface area is 683 Å². The SMILES string of the molecule is CC(C)C[C@H](NC(=O)[C@H](CCCCN)NC(=O)[C@@H](NC(=O)N1c2ccc(N(C)C)cc2Sc2cc(N(C)C)ccc21)C(C)C)C(=O)N[C@@H](CCC(=O)O)C(=O)N[C@@H](CCC(N)=O)C(=O)N[C@@H](Cc1ccccc1)C(=O)N[C@@H](CCCCN)C(=O)N[C@@H](CCC(=O)O)C(=O)N[C@H](C(=O)N[C@H](C(=O)N[C@@H](CCC(=O)O)C(=O)O)[C@@H](C)O)C(C)C. The maximum atomic E-state index is 14.9. The molecule has 0 saturated heterocycles. The van der Waals surface area contributed by atoms with E-state index in [4.69, 9.17) is 22.3 Å². The van der Waals surface area contributed by atoms with E-state index in [1.807, 2.05) is 74.4 Å². The predicted molar refractivity (Wildman–Crippen MR) is 433 cm³/mol. The van der Waals surface area contributed by atoms with Gasteiger partial charge in [-0.15, -0.1) is 0 Å². The number of carboxylic acids is 4. The zero-order valence-electron chi connectivity index (χ0n) is 68.0. The predicted octanol–water partition coefficient (Wildman–Crippen LogP) is 0.532. The van der Waals surface area contributed by atoms with E-state index in [0.29, 0.717) is 29.8 Å². The van der Waals surface area contributed by atoms with Crippen LogP contribution < -0.4 is 90.4 Å². The number of nitrogens with one attached hydrogen (secondary N) is 11. The van der Waals surface area contributed by atoms with Crippen LogP contribution in [0.5, 0.6) is 0 Å². The van der Waals surface area contributed by atoms with Gasteiger partial charge in [-0.05, 0) is 150 Å². The molecular formula is C78H117N17O21S. The van der Waals surface area contributed by atoms with Crippen molar-refractivity contribution >= 4 is 129 Å². The summed E-state index contributed by atoms with van der Waals surface area (Å²) in [5.74, 6) is -19.1. The molecule has 22 N–H and O–H groups in total. The second-order valence-electron chi connectivity index (χ2n) is 30.2. The van der Waals surface area contributed by atoms with Gasteiger partial charge in [0.2, 0.25) is 65.0 Å². The third-order valence-electron chi connectivity index (χ3n) is 18.9. The van der Waals surface area contributed by atoms with Crippen LogP contribution in [0.3, 0.4) is 0 Å². The number of primary amides is 1. The molecule has 0 bridgehead atoms. The summed E-state index contributed by atoms with van der Waals surface area (Å²) in [5.41, 5.74) is 20.6. The number of hydrogen-bond donors (Lipinski definition) is 19. The molecule has 0 unspecified atom stereocenters. The van der Waals surface area contributed by atoms with E-state index in [9.17, 15) is 97.1 Å². The van der Waals surface area contributed by atoms with Crippen molar-refractivity contribution in [2.75, 3.05) is 56.0 Å². The van der Waals surface area contributed by atoms with Gasteiger partial charge in [0.05, 0.1) is 17.5 Å². The molecule has 646 valence electrons. The normalized spacial score (nSPS) is 14.7. The molecule has 0 radical (unpaired) electrons. The van der Waals surface area contributed by atoms with Crippen LogP contribution in [0.25, 0.3) is 0 Å². The molecule has 117 heavy (non-hydrogen) atoms. The number of aliphatic hydroxyl groups excluding tert-OH is 1. The van der Waals surface area contributed by atoms with Gasteiger partial charge >= 0.3 is 29.9 Å². The maximum absolute atomic E-state index is 14.9. The van der Waals surface area contributed by atoms with E-state index in [-0.39, 0.29) is 57.5 Å². The van der Waals surface area contributed by atoms with Gasteiger partial charge in [-0.2, -0.15) is 0 Å². The number of rotatable bonds is 51. The van der Waals surface area contributed by atoms with Gasteiger partial charge in [0.15, 0.2) is 0 Å². The number of hydrogen-bond acceptors (Lipinski definition) is 22. The minimum atomic E-state index is -1.88. The summed E-state index contributed by atoms with van der Waals surface area (Å²) in [6.07, 6.45) is -6.35. The summed E-state index contributed by atoms with van der Waals surface area (Å²) >= 11 is 1.48. The van der Waals surface area contributed by atoms with Crippen LogP contribution in [0.2, 0.25) is 0 Å². The summed E-state index contributed by atoms with van der Waals surface area (Å²) in [5, 5.41) is 76.7. The lowest BCUT2D eigenvalue weighted by atomic mass is 9.99. The maximum Gasteiger partial charge on any atom is 0.327 e. The Morgan fingerprint density at radius 2 is 0.744 bits per heavy atom. The molecule has 1 aliphatic rings. The van der Waals surface area contributed by atoms with Gasteiger partial charge in [-0.1, -0.05) is 83.6 Å². The summed E-state index contributed by atoms with van der Waals surface area (Å²) < 4.78 is 0. The van der Waals surface area contributed by atoms with Crippen LogP contribution >= 0.6 is 11.8 Å². The Morgan fingerprint density at radius 1 is 0.402 bits per heavy atom. The van der Waals surface area contributed by atoms with Crippen molar-refractivity contribution < 1.29 is 102 Å². The lowest BCUT2D eigenvalue weighted by Gasteiger charge is -2.34. The van der Waals surface area contributed by atoms with Crippen molar-refractivity contribution in [3.05, 3.63) is 72.3 Å². The number of aliphatic carboxylic acids is 4.